The molecular formula is C17H24N2O2. The molecule has 114 valence electrons. The Bertz CT molecular complexity index is 475. The van der Waals surface area contributed by atoms with E-state index in [1.807, 2.05) is 30.3 Å². The molecule has 2 aliphatic heterocycles. The molecule has 0 bridgehead atoms. The Kier molecular flexibility index (Phi) is 4.38. The molecule has 0 radical (unpaired) electrons. The number of nitrogens with one attached hydrogen (secondary N) is 1. The van der Waals surface area contributed by atoms with E-state index in [0.717, 1.165) is 51.0 Å². The zero-order valence-corrected chi connectivity index (χ0v) is 12.4. The Labute approximate surface area is 126 Å². The van der Waals surface area contributed by atoms with Gasteiger partial charge in [0.15, 0.2) is 5.78 Å². The van der Waals surface area contributed by atoms with Crippen LogP contribution in [0, 0.1) is 5.92 Å². The summed E-state index contributed by atoms with van der Waals surface area (Å²) < 4.78 is 0. The quantitative estimate of drug-likeness (QED) is 0.820. The van der Waals surface area contributed by atoms with E-state index in [9.17, 15) is 9.90 Å². The second-order valence-corrected chi connectivity index (χ2v) is 6.43. The molecule has 4 heteroatoms. The highest BCUT2D eigenvalue weighted by Crippen LogP contribution is 2.24. The monoisotopic (exact) mass is 288 g/mol. The number of piperidine rings is 1. The summed E-state index contributed by atoms with van der Waals surface area (Å²) in [4.78, 5) is 14.7. The smallest absolute Gasteiger partial charge is 0.166 e. The molecule has 1 atom stereocenters. The molecule has 4 nitrogen and oxygen atoms in total. The lowest BCUT2D eigenvalue weighted by atomic mass is 9.88. The number of ketones is 1. The van der Waals surface area contributed by atoms with E-state index in [1.165, 1.54) is 0 Å². The van der Waals surface area contributed by atoms with Gasteiger partial charge in [-0.2, -0.15) is 0 Å². The van der Waals surface area contributed by atoms with E-state index in [0.29, 0.717) is 6.54 Å². The molecule has 0 unspecified atom stereocenters. The maximum Gasteiger partial charge on any atom is 0.166 e. The first-order valence-corrected chi connectivity index (χ1v) is 7.91. The topological polar surface area (TPSA) is 52.6 Å². The molecule has 0 saturated carbocycles. The van der Waals surface area contributed by atoms with Gasteiger partial charge in [0.2, 0.25) is 0 Å². The van der Waals surface area contributed by atoms with E-state index in [4.69, 9.17) is 0 Å². The molecule has 2 heterocycles. The lowest BCUT2D eigenvalue weighted by Crippen LogP contribution is -2.47. The molecule has 2 fully saturated rings. The van der Waals surface area contributed by atoms with Gasteiger partial charge in [-0.25, -0.2) is 0 Å². The van der Waals surface area contributed by atoms with Crippen molar-refractivity contribution >= 4 is 5.78 Å². The summed E-state index contributed by atoms with van der Waals surface area (Å²) in [6.45, 7) is 4.14. The Hall–Kier alpha value is -1.23. The van der Waals surface area contributed by atoms with Crippen molar-refractivity contribution in [1.82, 2.24) is 10.2 Å². The Balaban J connectivity index is 1.52. The van der Waals surface area contributed by atoms with Crippen LogP contribution in [0.4, 0.5) is 0 Å². The molecule has 1 aromatic rings. The van der Waals surface area contributed by atoms with Gasteiger partial charge in [0.05, 0.1) is 5.60 Å². The number of rotatable bonds is 4. The highest BCUT2D eigenvalue weighted by Gasteiger charge is 2.35. The zero-order chi connectivity index (χ0) is 14.7. The fraction of sp³-hybridized carbons (Fsp3) is 0.588. The van der Waals surface area contributed by atoms with Gasteiger partial charge in [-0.3, -0.25) is 4.79 Å². The van der Waals surface area contributed by atoms with Crippen LogP contribution in [0.15, 0.2) is 30.3 Å². The van der Waals surface area contributed by atoms with Crippen LogP contribution in [0.5, 0.6) is 0 Å². The maximum absolute atomic E-state index is 12.4. The second kappa shape index (κ2) is 6.26. The summed E-state index contributed by atoms with van der Waals surface area (Å²) in [7, 11) is 0. The van der Waals surface area contributed by atoms with Crippen molar-refractivity contribution in [3.05, 3.63) is 35.9 Å². The summed E-state index contributed by atoms with van der Waals surface area (Å²) in [5.74, 6) is 0.413. The lowest BCUT2D eigenvalue weighted by molar-refractivity contribution is 0.0112. The largest absolute Gasteiger partial charge is 0.387 e. The van der Waals surface area contributed by atoms with Crippen molar-refractivity contribution in [3.63, 3.8) is 0 Å². The SMILES string of the molecule is O=C(c1ccccc1)C1CCN(C[C@@]2(O)CCNC2)CC1. The number of likely N-dealkylation sites (tertiary alicyclic amines) is 1. The van der Waals surface area contributed by atoms with E-state index >= 15 is 0 Å². The standard InChI is InChI=1S/C17H24N2O2/c20-16(14-4-2-1-3-5-14)15-6-10-19(11-7-15)13-17(21)8-9-18-12-17/h1-5,15,18,21H,6-13H2/t17-/m1/s1. The van der Waals surface area contributed by atoms with Gasteiger partial charge in [0, 0.05) is 24.6 Å². The first-order valence-electron chi connectivity index (χ1n) is 7.91. The lowest BCUT2D eigenvalue weighted by Gasteiger charge is -2.35. The van der Waals surface area contributed by atoms with Crippen molar-refractivity contribution in [2.24, 2.45) is 5.92 Å². The van der Waals surface area contributed by atoms with Crippen LogP contribution in [0.25, 0.3) is 0 Å². The van der Waals surface area contributed by atoms with E-state index in [-0.39, 0.29) is 11.7 Å². The van der Waals surface area contributed by atoms with E-state index in [1.54, 1.807) is 0 Å². The third-order valence-electron chi connectivity index (χ3n) is 4.76. The van der Waals surface area contributed by atoms with Gasteiger partial charge in [-0.15, -0.1) is 0 Å². The zero-order valence-electron chi connectivity index (χ0n) is 12.4. The Morgan fingerprint density at radius 2 is 2.00 bits per heavy atom. The minimum atomic E-state index is -0.573. The maximum atomic E-state index is 12.4. The van der Waals surface area contributed by atoms with Crippen LogP contribution in [0.2, 0.25) is 0 Å². The predicted molar refractivity (Wildman–Crippen MR) is 82.4 cm³/mol. The van der Waals surface area contributed by atoms with Crippen molar-refractivity contribution in [1.29, 1.82) is 0 Å². The fourth-order valence-corrected chi connectivity index (χ4v) is 3.47. The predicted octanol–water partition coefficient (Wildman–Crippen LogP) is 1.31. The first-order chi connectivity index (χ1) is 10.2. The third-order valence-corrected chi connectivity index (χ3v) is 4.76. The Morgan fingerprint density at radius 1 is 1.29 bits per heavy atom. The normalized spacial score (nSPS) is 27.9. The summed E-state index contributed by atoms with van der Waals surface area (Å²) in [5, 5.41) is 13.6. The number of carbonyl (C=O) groups is 1. The van der Waals surface area contributed by atoms with Crippen molar-refractivity contribution in [3.8, 4) is 0 Å². The summed E-state index contributed by atoms with van der Waals surface area (Å²) >= 11 is 0. The minimum Gasteiger partial charge on any atom is -0.387 e. The highest BCUT2D eigenvalue weighted by molar-refractivity contribution is 5.97. The van der Waals surface area contributed by atoms with Gasteiger partial charge >= 0.3 is 0 Å². The van der Waals surface area contributed by atoms with Gasteiger partial charge < -0.3 is 15.3 Å². The van der Waals surface area contributed by atoms with Crippen LogP contribution in [-0.2, 0) is 0 Å². The van der Waals surface area contributed by atoms with E-state index < -0.39 is 5.60 Å². The molecular weight excluding hydrogens is 264 g/mol. The molecule has 0 spiro atoms. The van der Waals surface area contributed by atoms with Crippen LogP contribution in [0.3, 0.4) is 0 Å². The number of carbonyl (C=O) groups excluding carboxylic acids is 1. The molecule has 0 aromatic heterocycles. The number of aliphatic hydroxyl groups is 1. The van der Waals surface area contributed by atoms with Crippen LogP contribution >= 0.6 is 0 Å². The number of β-amino-alcohol motifs (C(OH)–C–C–N with tert-alkyl or cyclic N) is 1. The highest BCUT2D eigenvalue weighted by atomic mass is 16.3. The van der Waals surface area contributed by atoms with Crippen molar-refractivity contribution < 1.29 is 9.90 Å². The fourth-order valence-electron chi connectivity index (χ4n) is 3.47. The second-order valence-electron chi connectivity index (χ2n) is 6.43. The molecule has 2 N–H and O–H groups in total. The van der Waals surface area contributed by atoms with Crippen molar-refractivity contribution in [2.45, 2.75) is 24.9 Å². The number of hydrogen-bond donors (Lipinski definition) is 2. The summed E-state index contributed by atoms with van der Waals surface area (Å²) in [6.07, 6.45) is 2.63. The average molecular weight is 288 g/mol. The number of benzene rings is 1. The van der Waals surface area contributed by atoms with Gasteiger partial charge in [0.25, 0.3) is 0 Å². The van der Waals surface area contributed by atoms with Crippen LogP contribution in [0.1, 0.15) is 29.6 Å². The average Bonchev–Trinajstić information content (AvgIpc) is 2.94. The molecule has 2 saturated heterocycles. The van der Waals surface area contributed by atoms with Crippen molar-refractivity contribution in [2.75, 3.05) is 32.7 Å². The summed E-state index contributed by atoms with van der Waals surface area (Å²) in [6, 6.07) is 9.59. The molecule has 1 aromatic carbocycles. The molecule has 2 aliphatic rings. The number of Topliss-reactive ketones (excluding diaryl/α,β-unsaturated/α-hetero) is 1. The third kappa shape index (κ3) is 3.51. The minimum absolute atomic E-state index is 0.139. The van der Waals surface area contributed by atoms with Gasteiger partial charge in [-0.05, 0) is 38.9 Å². The number of hydrogen-bond acceptors (Lipinski definition) is 4. The molecule has 21 heavy (non-hydrogen) atoms. The molecule has 0 aliphatic carbocycles. The van der Waals surface area contributed by atoms with Crippen LogP contribution in [-0.4, -0.2) is 54.1 Å². The summed E-state index contributed by atoms with van der Waals surface area (Å²) in [5.41, 5.74) is 0.255. The van der Waals surface area contributed by atoms with Gasteiger partial charge in [0.1, 0.15) is 0 Å². The Morgan fingerprint density at radius 3 is 2.62 bits per heavy atom. The van der Waals surface area contributed by atoms with Crippen LogP contribution < -0.4 is 5.32 Å². The van der Waals surface area contributed by atoms with Gasteiger partial charge in [-0.1, -0.05) is 30.3 Å². The molecule has 3 rings (SSSR count). The first kappa shape index (κ1) is 14.7. The van der Waals surface area contributed by atoms with E-state index in [2.05, 4.69) is 10.2 Å². The number of nitrogens with zero attached hydrogens (tertiary/aromatic N) is 1. The molecule has 0 amide bonds.